The van der Waals surface area contributed by atoms with Crippen LogP contribution in [-0.4, -0.2) is 35.4 Å². The fourth-order valence-corrected chi connectivity index (χ4v) is 3.57. The summed E-state index contributed by atoms with van der Waals surface area (Å²) in [4.78, 5) is 34.0. The number of rotatable bonds is 5. The Kier molecular flexibility index (Phi) is 5.13. The van der Waals surface area contributed by atoms with Crippen molar-refractivity contribution in [2.75, 3.05) is 23.9 Å². The van der Waals surface area contributed by atoms with Gasteiger partial charge in [-0.05, 0) is 24.3 Å². The number of methoxy groups -OCH3 is 1. The van der Waals surface area contributed by atoms with Crippen LogP contribution in [-0.2, 0) is 9.59 Å². The number of carbonyl (C=O) groups is 2. The van der Waals surface area contributed by atoms with Crippen molar-refractivity contribution >= 4 is 51.5 Å². The van der Waals surface area contributed by atoms with Gasteiger partial charge in [0.25, 0.3) is 0 Å². The van der Waals surface area contributed by atoms with Gasteiger partial charge in [0.1, 0.15) is 23.7 Å². The van der Waals surface area contributed by atoms with E-state index in [9.17, 15) is 14.0 Å². The van der Waals surface area contributed by atoms with E-state index in [1.807, 2.05) is 0 Å². The number of hydrogen-bond acceptors (Lipinski definition) is 6. The van der Waals surface area contributed by atoms with E-state index in [0.29, 0.717) is 33.8 Å². The number of amides is 2. The third-order valence-corrected chi connectivity index (χ3v) is 5.23. The van der Waals surface area contributed by atoms with E-state index < -0.39 is 17.6 Å². The number of primary amides is 1. The van der Waals surface area contributed by atoms with E-state index in [4.69, 9.17) is 22.1 Å². The maximum atomic E-state index is 13.5. The molecule has 2 heterocycles. The van der Waals surface area contributed by atoms with Crippen molar-refractivity contribution in [2.45, 2.75) is 6.42 Å². The van der Waals surface area contributed by atoms with Gasteiger partial charge in [0, 0.05) is 30.1 Å². The van der Waals surface area contributed by atoms with Gasteiger partial charge >= 0.3 is 0 Å². The molecule has 1 fully saturated rings. The SMILES string of the molecule is COc1cc2ncnc(Nc3ccc(F)c(Cl)c3)c2cc1N1C[C@H](C(N)=O)CC1=O. The summed E-state index contributed by atoms with van der Waals surface area (Å²) in [6.45, 7) is 0.167. The first-order valence-corrected chi connectivity index (χ1v) is 9.39. The Morgan fingerprint density at radius 3 is 2.80 bits per heavy atom. The first kappa shape index (κ1) is 19.8. The van der Waals surface area contributed by atoms with Crippen LogP contribution in [0.25, 0.3) is 10.9 Å². The van der Waals surface area contributed by atoms with Gasteiger partial charge in [-0.25, -0.2) is 14.4 Å². The van der Waals surface area contributed by atoms with E-state index in [1.54, 1.807) is 12.1 Å². The number of anilines is 3. The first-order chi connectivity index (χ1) is 14.4. The minimum atomic E-state index is -0.566. The molecule has 1 aliphatic heterocycles. The molecule has 3 aromatic rings. The van der Waals surface area contributed by atoms with E-state index in [1.165, 1.54) is 36.5 Å². The van der Waals surface area contributed by atoms with Crippen molar-refractivity contribution in [3.05, 3.63) is 47.5 Å². The second-order valence-corrected chi connectivity index (χ2v) is 7.23. The number of nitrogens with two attached hydrogens (primary N) is 1. The molecule has 8 nitrogen and oxygen atoms in total. The lowest BCUT2D eigenvalue weighted by Gasteiger charge is -2.20. The standard InChI is InChI=1S/C20H17ClFN5O3/c1-30-17-7-15-12(6-16(17)27-8-10(19(23)29)4-18(27)28)20(25-9-24-15)26-11-2-3-14(22)13(21)5-11/h2-3,5-7,9-10H,4,8H2,1H3,(H2,23,29)(H,24,25,26)/t10-/m1/s1. The maximum Gasteiger partial charge on any atom is 0.227 e. The minimum Gasteiger partial charge on any atom is -0.494 e. The summed E-state index contributed by atoms with van der Waals surface area (Å²) in [5, 5.41) is 3.66. The smallest absolute Gasteiger partial charge is 0.227 e. The zero-order chi connectivity index (χ0) is 21.4. The summed E-state index contributed by atoms with van der Waals surface area (Å²) in [7, 11) is 1.48. The van der Waals surface area contributed by atoms with Crippen LogP contribution in [0.15, 0.2) is 36.7 Å². The highest BCUT2D eigenvalue weighted by atomic mass is 35.5. The van der Waals surface area contributed by atoms with E-state index in [2.05, 4.69) is 15.3 Å². The molecule has 1 aliphatic rings. The molecule has 0 saturated carbocycles. The molecular formula is C20H17ClFN5O3. The molecule has 1 aromatic heterocycles. The monoisotopic (exact) mass is 429 g/mol. The van der Waals surface area contributed by atoms with Gasteiger partial charge in [-0.15, -0.1) is 0 Å². The first-order valence-electron chi connectivity index (χ1n) is 9.02. The average molecular weight is 430 g/mol. The highest BCUT2D eigenvalue weighted by Gasteiger charge is 2.35. The van der Waals surface area contributed by atoms with Crippen LogP contribution in [0.4, 0.5) is 21.6 Å². The van der Waals surface area contributed by atoms with Crippen molar-refractivity contribution in [3.63, 3.8) is 0 Å². The average Bonchev–Trinajstić information content (AvgIpc) is 3.12. The Hall–Kier alpha value is -3.46. The lowest BCUT2D eigenvalue weighted by Crippen LogP contribution is -2.28. The molecule has 0 aliphatic carbocycles. The third kappa shape index (κ3) is 3.59. The van der Waals surface area contributed by atoms with Gasteiger partial charge in [0.05, 0.1) is 29.3 Å². The molecule has 3 N–H and O–H groups in total. The second kappa shape index (κ2) is 7.75. The summed E-state index contributed by atoms with van der Waals surface area (Å²) in [5.74, 6) is -0.986. The number of halogens is 2. The highest BCUT2D eigenvalue weighted by Crippen LogP contribution is 2.38. The number of aromatic nitrogens is 2. The molecule has 1 saturated heterocycles. The predicted octanol–water partition coefficient (Wildman–Crippen LogP) is 3.01. The molecule has 0 bridgehead atoms. The quantitative estimate of drug-likeness (QED) is 0.645. The second-order valence-electron chi connectivity index (χ2n) is 6.83. The van der Waals surface area contributed by atoms with Crippen LogP contribution < -0.4 is 20.7 Å². The van der Waals surface area contributed by atoms with Crippen molar-refractivity contribution < 1.29 is 18.7 Å². The maximum absolute atomic E-state index is 13.5. The molecule has 30 heavy (non-hydrogen) atoms. The van der Waals surface area contributed by atoms with Gasteiger partial charge in [-0.1, -0.05) is 11.6 Å². The highest BCUT2D eigenvalue weighted by molar-refractivity contribution is 6.31. The zero-order valence-corrected chi connectivity index (χ0v) is 16.6. The summed E-state index contributed by atoms with van der Waals surface area (Å²) in [6, 6.07) is 7.61. The molecule has 2 amide bonds. The zero-order valence-electron chi connectivity index (χ0n) is 15.9. The molecule has 0 spiro atoms. The van der Waals surface area contributed by atoms with Gasteiger partial charge < -0.3 is 20.7 Å². The minimum absolute atomic E-state index is 0.0270. The number of carbonyl (C=O) groups excluding carboxylic acids is 2. The third-order valence-electron chi connectivity index (χ3n) is 4.94. The van der Waals surface area contributed by atoms with Gasteiger partial charge in [0.15, 0.2) is 0 Å². The molecule has 10 heteroatoms. The lowest BCUT2D eigenvalue weighted by atomic mass is 10.1. The van der Waals surface area contributed by atoms with Crippen LogP contribution in [0.3, 0.4) is 0 Å². The van der Waals surface area contributed by atoms with E-state index >= 15 is 0 Å². The van der Waals surface area contributed by atoms with Crippen molar-refractivity contribution in [1.82, 2.24) is 9.97 Å². The van der Waals surface area contributed by atoms with E-state index in [-0.39, 0.29) is 23.9 Å². The molecule has 154 valence electrons. The molecule has 0 unspecified atom stereocenters. The number of nitrogens with one attached hydrogen (secondary N) is 1. The number of benzene rings is 2. The fourth-order valence-electron chi connectivity index (χ4n) is 3.39. The molecular weight excluding hydrogens is 413 g/mol. The van der Waals surface area contributed by atoms with Gasteiger partial charge in [-0.2, -0.15) is 0 Å². The van der Waals surface area contributed by atoms with Crippen LogP contribution in [0, 0.1) is 11.7 Å². The molecule has 0 radical (unpaired) electrons. The van der Waals surface area contributed by atoms with Crippen molar-refractivity contribution in [2.24, 2.45) is 11.7 Å². The summed E-state index contributed by atoms with van der Waals surface area (Å²) < 4.78 is 18.9. The normalized spacial score (nSPS) is 16.2. The summed E-state index contributed by atoms with van der Waals surface area (Å²) >= 11 is 5.86. The number of fused-ring (bicyclic) bond motifs is 1. The number of hydrogen-bond donors (Lipinski definition) is 2. The van der Waals surface area contributed by atoms with Crippen LogP contribution in [0.2, 0.25) is 5.02 Å². The predicted molar refractivity (Wildman–Crippen MR) is 110 cm³/mol. The molecule has 4 rings (SSSR count). The van der Waals surface area contributed by atoms with Crippen molar-refractivity contribution in [1.29, 1.82) is 0 Å². The van der Waals surface area contributed by atoms with Crippen molar-refractivity contribution in [3.8, 4) is 5.75 Å². The number of nitrogens with zero attached hydrogens (tertiary/aromatic N) is 3. The Morgan fingerprint density at radius 2 is 2.13 bits per heavy atom. The Bertz CT molecular complexity index is 1170. The largest absolute Gasteiger partial charge is 0.494 e. The van der Waals surface area contributed by atoms with Crippen LogP contribution in [0.1, 0.15) is 6.42 Å². The van der Waals surface area contributed by atoms with Crippen LogP contribution >= 0.6 is 11.6 Å². The van der Waals surface area contributed by atoms with Gasteiger partial charge in [0.2, 0.25) is 11.8 Å². The number of ether oxygens (including phenoxy) is 1. The fraction of sp³-hybridized carbons (Fsp3) is 0.200. The Balaban J connectivity index is 1.78. The Labute approximate surface area is 175 Å². The van der Waals surface area contributed by atoms with Gasteiger partial charge in [-0.3, -0.25) is 9.59 Å². The van der Waals surface area contributed by atoms with E-state index in [0.717, 1.165) is 0 Å². The lowest BCUT2D eigenvalue weighted by molar-refractivity contribution is -0.123. The molecule has 2 aromatic carbocycles. The van der Waals surface area contributed by atoms with Crippen LogP contribution in [0.5, 0.6) is 5.75 Å². The topological polar surface area (TPSA) is 110 Å². The molecule has 1 atom stereocenters. The summed E-state index contributed by atoms with van der Waals surface area (Å²) in [5.41, 5.74) is 6.96. The summed E-state index contributed by atoms with van der Waals surface area (Å²) in [6.07, 6.45) is 1.42. The Morgan fingerprint density at radius 1 is 1.33 bits per heavy atom.